The highest BCUT2D eigenvalue weighted by molar-refractivity contribution is 6.08. The molecule has 1 heterocycles. The van der Waals surface area contributed by atoms with Crippen LogP contribution in [0.1, 0.15) is 58.2 Å². The minimum atomic E-state index is -4.33. The molecule has 3 aromatic rings. The Morgan fingerprint density at radius 2 is 1.36 bits per heavy atom. The van der Waals surface area contributed by atoms with Gasteiger partial charge in [-0.25, -0.2) is 0 Å². The van der Waals surface area contributed by atoms with Crippen LogP contribution in [0.5, 0.6) is 0 Å². The van der Waals surface area contributed by atoms with Crippen molar-refractivity contribution in [2.75, 3.05) is 0 Å². The first-order chi connectivity index (χ1) is 11.5. The van der Waals surface area contributed by atoms with Crippen molar-refractivity contribution >= 4 is 21.8 Å². The molecule has 2 aromatic carbocycles. The summed E-state index contributed by atoms with van der Waals surface area (Å²) >= 11 is 0. The lowest BCUT2D eigenvalue weighted by Gasteiger charge is -2.20. The van der Waals surface area contributed by atoms with Gasteiger partial charge in [0, 0.05) is 27.8 Å². The van der Waals surface area contributed by atoms with Crippen molar-refractivity contribution in [3.63, 3.8) is 0 Å². The Bertz CT molecular complexity index is 855. The quantitative estimate of drug-likeness (QED) is 0.467. The number of benzene rings is 2. The number of halogens is 3. The molecule has 0 bridgehead atoms. The minimum absolute atomic E-state index is 0.0118. The summed E-state index contributed by atoms with van der Waals surface area (Å²) in [6.07, 6.45) is -3.48. The van der Waals surface area contributed by atoms with Crippen molar-refractivity contribution < 1.29 is 13.2 Å². The van der Waals surface area contributed by atoms with E-state index in [0.29, 0.717) is 5.52 Å². The zero-order valence-corrected chi connectivity index (χ0v) is 15.3. The van der Waals surface area contributed by atoms with Crippen LogP contribution in [-0.2, 0) is 11.6 Å². The van der Waals surface area contributed by atoms with Gasteiger partial charge in [-0.2, -0.15) is 13.2 Å². The lowest BCUT2D eigenvalue weighted by atomic mass is 9.86. The van der Waals surface area contributed by atoms with E-state index in [1.54, 1.807) is 6.07 Å². The summed E-state index contributed by atoms with van der Waals surface area (Å²) in [6, 6.07) is 10.5. The molecule has 0 amide bonds. The smallest absolute Gasteiger partial charge is 0.338 e. The molecule has 0 saturated heterocycles. The second kappa shape index (κ2) is 5.79. The second-order valence-corrected chi connectivity index (χ2v) is 7.84. The predicted octanol–water partition coefficient (Wildman–Crippen LogP) is 7.08. The fraction of sp³-hybridized carbons (Fsp3) is 0.429. The van der Waals surface area contributed by atoms with Gasteiger partial charge >= 0.3 is 6.18 Å². The van der Waals surface area contributed by atoms with Gasteiger partial charge in [0.25, 0.3) is 0 Å². The van der Waals surface area contributed by atoms with Gasteiger partial charge in [-0.1, -0.05) is 45.9 Å². The maximum atomic E-state index is 13.2. The molecule has 1 atom stereocenters. The van der Waals surface area contributed by atoms with E-state index < -0.39 is 11.7 Å². The van der Waals surface area contributed by atoms with Crippen molar-refractivity contribution in [1.82, 2.24) is 4.57 Å². The van der Waals surface area contributed by atoms with E-state index in [1.165, 1.54) is 17.7 Å². The van der Waals surface area contributed by atoms with E-state index in [2.05, 4.69) is 51.3 Å². The van der Waals surface area contributed by atoms with Crippen LogP contribution in [0.4, 0.5) is 13.2 Å². The largest absolute Gasteiger partial charge is 0.416 e. The molecule has 0 aliphatic heterocycles. The molecule has 25 heavy (non-hydrogen) atoms. The van der Waals surface area contributed by atoms with Crippen LogP contribution >= 0.6 is 0 Å². The van der Waals surface area contributed by atoms with Crippen molar-refractivity contribution in [2.24, 2.45) is 0 Å². The van der Waals surface area contributed by atoms with Crippen LogP contribution in [0.25, 0.3) is 21.8 Å². The molecule has 1 nitrogen and oxygen atoms in total. The molecule has 0 aliphatic carbocycles. The van der Waals surface area contributed by atoms with E-state index in [4.69, 9.17) is 0 Å². The first kappa shape index (κ1) is 17.8. The van der Waals surface area contributed by atoms with Crippen molar-refractivity contribution in [1.29, 1.82) is 0 Å². The van der Waals surface area contributed by atoms with E-state index in [9.17, 15) is 13.2 Å². The summed E-state index contributed by atoms with van der Waals surface area (Å²) < 4.78 is 41.7. The molecule has 0 aliphatic rings. The molecule has 0 fully saturated rings. The summed E-state index contributed by atoms with van der Waals surface area (Å²) in [7, 11) is 0. The molecule has 0 spiro atoms. The number of nitrogens with zero attached hydrogens (tertiary/aromatic N) is 1. The van der Waals surface area contributed by atoms with Crippen LogP contribution < -0.4 is 0 Å². The van der Waals surface area contributed by atoms with E-state index in [1.807, 2.05) is 6.07 Å². The first-order valence-electron chi connectivity index (χ1n) is 8.69. The molecular weight excluding hydrogens is 323 g/mol. The molecule has 0 N–H and O–H groups in total. The highest BCUT2D eigenvalue weighted by Crippen LogP contribution is 2.38. The highest BCUT2D eigenvalue weighted by atomic mass is 19.4. The van der Waals surface area contributed by atoms with Gasteiger partial charge in [-0.3, -0.25) is 0 Å². The molecular formula is C21H24F3N. The van der Waals surface area contributed by atoms with Crippen LogP contribution in [0.15, 0.2) is 36.4 Å². The van der Waals surface area contributed by atoms with Gasteiger partial charge in [0.15, 0.2) is 0 Å². The molecule has 0 radical (unpaired) electrons. The predicted molar refractivity (Wildman–Crippen MR) is 98.1 cm³/mol. The van der Waals surface area contributed by atoms with Crippen molar-refractivity contribution in [3.8, 4) is 0 Å². The lowest BCUT2D eigenvalue weighted by Crippen LogP contribution is -2.11. The van der Waals surface area contributed by atoms with Gasteiger partial charge in [-0.15, -0.1) is 0 Å². The molecule has 4 heteroatoms. The summed E-state index contributed by atoms with van der Waals surface area (Å²) in [4.78, 5) is 0. The van der Waals surface area contributed by atoms with Crippen LogP contribution in [0.3, 0.4) is 0 Å². The van der Waals surface area contributed by atoms with Gasteiger partial charge in [0.1, 0.15) is 0 Å². The van der Waals surface area contributed by atoms with Crippen molar-refractivity contribution in [3.05, 3.63) is 47.5 Å². The van der Waals surface area contributed by atoms with Crippen LogP contribution in [0, 0.1) is 0 Å². The average molecular weight is 347 g/mol. The first-order valence-corrected chi connectivity index (χ1v) is 8.69. The highest BCUT2D eigenvalue weighted by Gasteiger charge is 2.31. The molecule has 1 unspecified atom stereocenters. The third kappa shape index (κ3) is 3.03. The number of alkyl halides is 3. The summed E-state index contributed by atoms with van der Waals surface area (Å²) in [5.41, 5.74) is 2.25. The third-order valence-corrected chi connectivity index (χ3v) is 5.03. The Balaban J connectivity index is 2.41. The maximum absolute atomic E-state index is 13.2. The van der Waals surface area contributed by atoms with Gasteiger partial charge in [-0.05, 0) is 42.5 Å². The molecule has 0 saturated carbocycles. The average Bonchev–Trinajstić information content (AvgIpc) is 2.85. The van der Waals surface area contributed by atoms with E-state index in [-0.39, 0.29) is 11.5 Å². The van der Waals surface area contributed by atoms with Crippen LogP contribution in [-0.4, -0.2) is 4.57 Å². The third-order valence-electron chi connectivity index (χ3n) is 5.03. The Morgan fingerprint density at radius 3 is 1.80 bits per heavy atom. The maximum Gasteiger partial charge on any atom is 0.416 e. The normalized spacial score (nSPS) is 14.4. The summed E-state index contributed by atoms with van der Waals surface area (Å²) in [5.74, 6) is 0. The Morgan fingerprint density at radius 1 is 0.880 bits per heavy atom. The zero-order valence-electron chi connectivity index (χ0n) is 15.3. The Labute approximate surface area is 146 Å². The fourth-order valence-corrected chi connectivity index (χ4v) is 3.35. The second-order valence-electron chi connectivity index (χ2n) is 7.84. The lowest BCUT2D eigenvalue weighted by molar-refractivity contribution is -0.137. The van der Waals surface area contributed by atoms with Gasteiger partial charge < -0.3 is 4.57 Å². The van der Waals surface area contributed by atoms with Crippen molar-refractivity contribution in [2.45, 2.75) is 58.7 Å². The van der Waals surface area contributed by atoms with E-state index >= 15 is 0 Å². The van der Waals surface area contributed by atoms with Crippen LogP contribution in [0.2, 0.25) is 0 Å². The molecule has 134 valence electrons. The monoisotopic (exact) mass is 347 g/mol. The number of fused-ring (bicyclic) bond motifs is 3. The zero-order chi connectivity index (χ0) is 18.6. The number of hydrogen-bond acceptors (Lipinski definition) is 0. The molecule has 1 aromatic heterocycles. The minimum Gasteiger partial charge on any atom is -0.338 e. The SMILES string of the molecule is CCC(C)n1c2cc(C(C)(C)C)ccc2c2ccc(C(F)(F)F)cc21. The fourth-order valence-electron chi connectivity index (χ4n) is 3.35. The van der Waals surface area contributed by atoms with Gasteiger partial charge in [0.2, 0.25) is 0 Å². The van der Waals surface area contributed by atoms with E-state index in [0.717, 1.165) is 22.7 Å². The number of aromatic nitrogens is 1. The summed E-state index contributed by atoms with van der Waals surface area (Å²) in [5, 5.41) is 1.89. The number of rotatable bonds is 2. The number of hydrogen-bond donors (Lipinski definition) is 0. The standard InChI is InChI=1S/C21H24F3N/c1-6-13(2)25-18-11-14(20(3,4)5)7-9-16(18)17-10-8-15(12-19(17)25)21(22,23)24/h7-13H,6H2,1-5H3. The topological polar surface area (TPSA) is 4.93 Å². The Hall–Kier alpha value is -1.97. The molecule has 3 rings (SSSR count). The Kier molecular flexibility index (Phi) is 4.13. The van der Waals surface area contributed by atoms with Gasteiger partial charge in [0.05, 0.1) is 5.56 Å². The summed E-state index contributed by atoms with van der Waals surface area (Å²) in [6.45, 7) is 10.6.